The van der Waals surface area contributed by atoms with Crippen LogP contribution in [0.3, 0.4) is 0 Å². The number of Topliss-reactive ketones (excluding diaryl/α,β-unsaturated/α-hetero) is 1. The van der Waals surface area contributed by atoms with Crippen molar-refractivity contribution in [2.75, 3.05) is 0 Å². The highest BCUT2D eigenvalue weighted by Crippen LogP contribution is 2.37. The van der Waals surface area contributed by atoms with Crippen LogP contribution in [-0.4, -0.2) is 14.1 Å². The molecule has 0 aliphatic rings. The Bertz CT molecular complexity index is 492. The first-order valence-corrected chi connectivity index (χ1v) is 9.27. The Hall–Kier alpha value is -1.60. The van der Waals surface area contributed by atoms with E-state index in [4.69, 9.17) is 9.69 Å². The standard InChI is InChI=1S/C15H21NO2Si/c1-15(2,3)19(4,5)18-13-8-6-12(7-9-13)14(17)10-11-16/h6-9H,10H2,1-5H3. The van der Waals surface area contributed by atoms with E-state index in [-0.39, 0.29) is 17.2 Å². The minimum Gasteiger partial charge on any atom is -0.544 e. The molecule has 0 unspecified atom stereocenters. The Morgan fingerprint density at radius 2 is 1.79 bits per heavy atom. The van der Waals surface area contributed by atoms with Gasteiger partial charge in [0.15, 0.2) is 5.78 Å². The first-order valence-electron chi connectivity index (χ1n) is 6.36. The van der Waals surface area contributed by atoms with Crippen molar-refractivity contribution >= 4 is 14.1 Å². The Labute approximate surface area is 116 Å². The number of ketones is 1. The molecule has 4 heteroatoms. The fourth-order valence-corrected chi connectivity index (χ4v) is 2.36. The van der Waals surface area contributed by atoms with Crippen LogP contribution in [0, 0.1) is 11.3 Å². The topological polar surface area (TPSA) is 50.1 Å². The molecule has 0 atom stereocenters. The van der Waals surface area contributed by atoms with Crippen molar-refractivity contribution in [3.63, 3.8) is 0 Å². The van der Waals surface area contributed by atoms with Crippen LogP contribution in [0.2, 0.25) is 18.1 Å². The van der Waals surface area contributed by atoms with Gasteiger partial charge in [-0.1, -0.05) is 20.8 Å². The van der Waals surface area contributed by atoms with E-state index >= 15 is 0 Å². The first kappa shape index (κ1) is 15.5. The van der Waals surface area contributed by atoms with Crippen molar-refractivity contribution in [3.05, 3.63) is 29.8 Å². The van der Waals surface area contributed by atoms with Gasteiger partial charge in [0.05, 0.1) is 12.5 Å². The summed E-state index contributed by atoms with van der Waals surface area (Å²) in [5.41, 5.74) is 0.559. The van der Waals surface area contributed by atoms with Gasteiger partial charge in [-0.15, -0.1) is 0 Å². The quantitative estimate of drug-likeness (QED) is 0.612. The van der Waals surface area contributed by atoms with Crippen molar-refractivity contribution in [3.8, 4) is 11.8 Å². The molecule has 0 saturated carbocycles. The van der Waals surface area contributed by atoms with Crippen molar-refractivity contribution in [1.82, 2.24) is 0 Å². The molecular formula is C15H21NO2Si. The Morgan fingerprint density at radius 3 is 2.21 bits per heavy atom. The maximum Gasteiger partial charge on any atom is 0.250 e. The highest BCUT2D eigenvalue weighted by Gasteiger charge is 2.38. The third-order valence-corrected chi connectivity index (χ3v) is 7.95. The number of carbonyl (C=O) groups is 1. The minimum atomic E-state index is -1.84. The highest BCUT2D eigenvalue weighted by atomic mass is 28.4. The van der Waals surface area contributed by atoms with Crippen LogP contribution >= 0.6 is 0 Å². The van der Waals surface area contributed by atoms with Crippen molar-refractivity contribution in [2.24, 2.45) is 0 Å². The van der Waals surface area contributed by atoms with E-state index < -0.39 is 8.32 Å². The molecule has 0 fully saturated rings. The van der Waals surface area contributed by atoms with Crippen LogP contribution in [-0.2, 0) is 0 Å². The molecule has 0 saturated heterocycles. The van der Waals surface area contributed by atoms with Crippen LogP contribution in [0.4, 0.5) is 0 Å². The summed E-state index contributed by atoms with van der Waals surface area (Å²) in [7, 11) is -1.84. The summed E-state index contributed by atoms with van der Waals surface area (Å²) in [6.45, 7) is 10.9. The van der Waals surface area contributed by atoms with Gasteiger partial charge in [0.1, 0.15) is 5.75 Å². The first-order chi connectivity index (χ1) is 8.67. The van der Waals surface area contributed by atoms with E-state index in [0.717, 1.165) is 5.75 Å². The molecular weight excluding hydrogens is 254 g/mol. The molecule has 1 aromatic carbocycles. The normalized spacial score (nSPS) is 11.8. The maximum absolute atomic E-state index is 11.5. The molecule has 19 heavy (non-hydrogen) atoms. The van der Waals surface area contributed by atoms with Crippen LogP contribution in [0.25, 0.3) is 0 Å². The molecule has 0 aliphatic heterocycles. The molecule has 0 spiro atoms. The lowest BCUT2D eigenvalue weighted by Gasteiger charge is -2.36. The maximum atomic E-state index is 11.5. The summed E-state index contributed by atoms with van der Waals surface area (Å²) in [5.74, 6) is 0.640. The molecule has 0 aromatic heterocycles. The van der Waals surface area contributed by atoms with E-state index in [9.17, 15) is 4.79 Å². The zero-order valence-corrected chi connectivity index (χ0v) is 13.3. The zero-order chi connectivity index (χ0) is 14.7. The van der Waals surface area contributed by atoms with Crippen LogP contribution in [0.1, 0.15) is 37.6 Å². The average molecular weight is 275 g/mol. The molecule has 1 aromatic rings. The number of nitriles is 1. The fourth-order valence-electron chi connectivity index (χ4n) is 1.33. The van der Waals surface area contributed by atoms with E-state index in [1.165, 1.54) is 0 Å². The zero-order valence-electron chi connectivity index (χ0n) is 12.3. The van der Waals surface area contributed by atoms with Crippen molar-refractivity contribution in [2.45, 2.75) is 45.3 Å². The largest absolute Gasteiger partial charge is 0.544 e. The van der Waals surface area contributed by atoms with Gasteiger partial charge in [-0.25, -0.2) is 0 Å². The molecule has 0 N–H and O–H groups in total. The second kappa shape index (κ2) is 5.58. The second-order valence-corrected chi connectivity index (χ2v) is 10.9. The number of hydrogen-bond donors (Lipinski definition) is 0. The van der Waals surface area contributed by atoms with Gasteiger partial charge in [-0.3, -0.25) is 4.79 Å². The number of rotatable bonds is 4. The fraction of sp³-hybridized carbons (Fsp3) is 0.467. The summed E-state index contributed by atoms with van der Waals surface area (Å²) >= 11 is 0. The third kappa shape index (κ3) is 3.93. The predicted octanol–water partition coefficient (Wildman–Crippen LogP) is 4.17. The average Bonchev–Trinajstić information content (AvgIpc) is 2.28. The van der Waals surface area contributed by atoms with Gasteiger partial charge < -0.3 is 4.43 Å². The number of hydrogen-bond acceptors (Lipinski definition) is 3. The number of benzene rings is 1. The molecule has 0 amide bonds. The molecule has 0 bridgehead atoms. The minimum absolute atomic E-state index is 0.0809. The van der Waals surface area contributed by atoms with E-state index in [2.05, 4.69) is 33.9 Å². The summed E-state index contributed by atoms with van der Waals surface area (Å²) in [4.78, 5) is 11.5. The van der Waals surface area contributed by atoms with Crippen LogP contribution in [0.5, 0.6) is 5.75 Å². The van der Waals surface area contributed by atoms with Gasteiger partial charge >= 0.3 is 0 Å². The van der Waals surface area contributed by atoms with E-state index in [0.29, 0.717) is 5.56 Å². The summed E-state index contributed by atoms with van der Waals surface area (Å²) in [5, 5.41) is 8.65. The SMILES string of the molecule is CC(C)(C)[Si](C)(C)Oc1ccc(C(=O)CC#N)cc1. The van der Waals surface area contributed by atoms with Gasteiger partial charge in [-0.05, 0) is 42.4 Å². The van der Waals surface area contributed by atoms with Crippen molar-refractivity contribution < 1.29 is 9.22 Å². The second-order valence-electron chi connectivity index (χ2n) is 6.14. The third-order valence-electron chi connectivity index (χ3n) is 3.60. The van der Waals surface area contributed by atoms with Gasteiger partial charge in [-0.2, -0.15) is 5.26 Å². The Balaban J connectivity index is 2.84. The molecule has 0 heterocycles. The molecule has 1 rings (SSSR count). The number of carbonyl (C=O) groups excluding carboxylic acids is 1. The molecule has 3 nitrogen and oxygen atoms in total. The van der Waals surface area contributed by atoms with Crippen molar-refractivity contribution in [1.29, 1.82) is 5.26 Å². The van der Waals surface area contributed by atoms with Gasteiger partial charge in [0.25, 0.3) is 0 Å². The van der Waals surface area contributed by atoms with E-state index in [1.54, 1.807) is 12.1 Å². The smallest absolute Gasteiger partial charge is 0.250 e. The Kier molecular flexibility index (Phi) is 4.54. The van der Waals surface area contributed by atoms with Gasteiger partial charge in [0.2, 0.25) is 8.32 Å². The molecule has 0 radical (unpaired) electrons. The lowest BCUT2D eigenvalue weighted by Crippen LogP contribution is -2.43. The molecule has 102 valence electrons. The summed E-state index contributed by atoms with van der Waals surface area (Å²) in [6, 6.07) is 8.93. The summed E-state index contributed by atoms with van der Waals surface area (Å²) < 4.78 is 6.12. The number of nitrogens with zero attached hydrogens (tertiary/aromatic N) is 1. The van der Waals surface area contributed by atoms with Crippen LogP contribution in [0.15, 0.2) is 24.3 Å². The monoisotopic (exact) mass is 275 g/mol. The Morgan fingerprint density at radius 1 is 1.26 bits per heavy atom. The highest BCUT2D eigenvalue weighted by molar-refractivity contribution is 6.74. The summed E-state index contributed by atoms with van der Waals surface area (Å²) in [6.07, 6.45) is -0.0809. The molecule has 0 aliphatic carbocycles. The lowest BCUT2D eigenvalue weighted by molar-refractivity contribution is 0.0997. The van der Waals surface area contributed by atoms with E-state index in [1.807, 2.05) is 18.2 Å². The van der Waals surface area contributed by atoms with Crippen LogP contribution < -0.4 is 4.43 Å². The lowest BCUT2D eigenvalue weighted by atomic mass is 10.1. The van der Waals surface area contributed by atoms with Gasteiger partial charge in [0, 0.05) is 5.56 Å². The predicted molar refractivity (Wildman–Crippen MR) is 78.8 cm³/mol.